The Balaban J connectivity index is 1.25. The second-order valence-electron chi connectivity index (χ2n) is 12.1. The molecule has 3 N–H and O–H groups in total. The molecule has 2 heterocycles. The molecule has 1 fully saturated rings. The highest BCUT2D eigenvalue weighted by Gasteiger charge is 2.38. The highest BCUT2D eigenvalue weighted by atomic mass is 19.1. The molecule has 2 aliphatic rings. The van der Waals surface area contributed by atoms with E-state index in [0.29, 0.717) is 29.4 Å². The molecule has 0 aliphatic carbocycles. The van der Waals surface area contributed by atoms with Crippen LogP contribution in [0.5, 0.6) is 5.75 Å². The van der Waals surface area contributed by atoms with Crippen molar-refractivity contribution in [3.05, 3.63) is 102 Å². The summed E-state index contributed by atoms with van der Waals surface area (Å²) >= 11 is 0. The standard InChI is InChI=1S/C36H41FN4O7/c1-20-28(35(44)47-4)30(29(21(2)39-20)36(45)48-5)24-10-11-26(37)27(19-24)40-32-31(33(42)34(32)43)38-14-7-15-41-16-12-22(13-17-41)23-8-6-9-25(18-23)46-3/h6,8-11,18-19,22,30,38-40H,7,12-17H2,1-5H3. The van der Waals surface area contributed by atoms with Crippen molar-refractivity contribution < 1.29 is 28.2 Å². The minimum Gasteiger partial charge on any atom is -0.497 e. The topological polar surface area (TPSA) is 135 Å². The molecule has 3 aromatic carbocycles. The highest BCUT2D eigenvalue weighted by Crippen LogP contribution is 2.40. The van der Waals surface area contributed by atoms with Gasteiger partial charge in [0, 0.05) is 17.9 Å². The van der Waals surface area contributed by atoms with Gasteiger partial charge in [0.2, 0.25) is 0 Å². The van der Waals surface area contributed by atoms with E-state index in [1.54, 1.807) is 21.0 Å². The molecule has 0 unspecified atom stereocenters. The first-order valence-electron chi connectivity index (χ1n) is 15.9. The van der Waals surface area contributed by atoms with E-state index in [0.717, 1.165) is 44.6 Å². The van der Waals surface area contributed by atoms with E-state index in [-0.39, 0.29) is 28.2 Å². The van der Waals surface area contributed by atoms with E-state index in [9.17, 15) is 19.2 Å². The summed E-state index contributed by atoms with van der Waals surface area (Å²) in [6.07, 6.45) is 2.83. The fraction of sp³-hybridized carbons (Fsp3) is 0.389. The maximum atomic E-state index is 15.2. The fourth-order valence-corrected chi connectivity index (χ4v) is 6.62. The second-order valence-corrected chi connectivity index (χ2v) is 12.1. The largest absolute Gasteiger partial charge is 0.497 e. The first-order valence-corrected chi connectivity index (χ1v) is 15.9. The Hall–Kier alpha value is -4.97. The average Bonchev–Trinajstić information content (AvgIpc) is 3.10. The molecule has 2 aliphatic heterocycles. The number of methoxy groups -OCH3 is 3. The first-order chi connectivity index (χ1) is 23.1. The molecule has 0 bridgehead atoms. The molecule has 48 heavy (non-hydrogen) atoms. The number of nitrogens with zero attached hydrogens (tertiary/aromatic N) is 1. The molecule has 5 rings (SSSR count). The van der Waals surface area contributed by atoms with Gasteiger partial charge >= 0.3 is 11.9 Å². The average molecular weight is 661 g/mol. The number of nitrogens with one attached hydrogen (secondary N) is 3. The number of esters is 2. The Labute approximate surface area is 278 Å². The highest BCUT2D eigenvalue weighted by molar-refractivity contribution is 6.00. The van der Waals surface area contributed by atoms with Gasteiger partial charge < -0.3 is 35.1 Å². The van der Waals surface area contributed by atoms with Crippen LogP contribution < -0.4 is 31.5 Å². The number of anilines is 3. The zero-order valence-corrected chi connectivity index (χ0v) is 27.8. The number of hydrogen-bond acceptors (Lipinski definition) is 11. The summed E-state index contributed by atoms with van der Waals surface area (Å²) in [7, 11) is 4.13. The van der Waals surface area contributed by atoms with Crippen LogP contribution in [-0.2, 0) is 19.1 Å². The number of halogens is 1. The molecule has 0 aromatic heterocycles. The van der Waals surface area contributed by atoms with Gasteiger partial charge in [0.15, 0.2) is 0 Å². The van der Waals surface area contributed by atoms with Crippen molar-refractivity contribution >= 4 is 29.0 Å². The molecule has 0 atom stereocenters. The van der Waals surface area contributed by atoms with Gasteiger partial charge in [-0.3, -0.25) is 9.59 Å². The van der Waals surface area contributed by atoms with Gasteiger partial charge in [0.25, 0.3) is 10.9 Å². The summed E-state index contributed by atoms with van der Waals surface area (Å²) in [6, 6.07) is 12.3. The van der Waals surface area contributed by atoms with Crippen molar-refractivity contribution in [2.45, 2.75) is 44.9 Å². The molecule has 11 nitrogen and oxygen atoms in total. The second kappa shape index (κ2) is 14.8. The van der Waals surface area contributed by atoms with Crippen molar-refractivity contribution in [2.24, 2.45) is 0 Å². The van der Waals surface area contributed by atoms with Crippen LogP contribution in [-0.4, -0.2) is 64.3 Å². The Bertz CT molecular complexity index is 1800. The van der Waals surface area contributed by atoms with Crippen LogP contribution in [0.3, 0.4) is 0 Å². The van der Waals surface area contributed by atoms with Gasteiger partial charge in [-0.1, -0.05) is 18.2 Å². The molecular formula is C36H41FN4O7. The number of piperidine rings is 1. The number of carbonyl (C=O) groups is 2. The van der Waals surface area contributed by atoms with E-state index >= 15 is 4.39 Å². The first kappa shape index (κ1) is 34.4. The predicted molar refractivity (Wildman–Crippen MR) is 181 cm³/mol. The molecule has 0 saturated carbocycles. The minimum absolute atomic E-state index is 0.0414. The van der Waals surface area contributed by atoms with E-state index in [1.165, 1.54) is 38.0 Å². The van der Waals surface area contributed by atoms with Crippen LogP contribution in [0.25, 0.3) is 0 Å². The smallest absolute Gasteiger partial charge is 0.336 e. The van der Waals surface area contributed by atoms with E-state index in [4.69, 9.17) is 14.2 Å². The summed E-state index contributed by atoms with van der Waals surface area (Å²) in [4.78, 5) is 53.2. The molecule has 254 valence electrons. The number of dihydropyridines is 1. The van der Waals surface area contributed by atoms with Crippen molar-refractivity contribution in [1.82, 2.24) is 10.2 Å². The van der Waals surface area contributed by atoms with E-state index in [2.05, 4.69) is 33.0 Å². The molecule has 1 saturated heterocycles. The van der Waals surface area contributed by atoms with E-state index < -0.39 is 34.5 Å². The molecule has 12 heteroatoms. The third-order valence-electron chi connectivity index (χ3n) is 9.17. The Morgan fingerprint density at radius 3 is 2.17 bits per heavy atom. The summed E-state index contributed by atoms with van der Waals surface area (Å²) in [5, 5.41) is 8.87. The monoisotopic (exact) mass is 660 g/mol. The van der Waals surface area contributed by atoms with Crippen molar-refractivity contribution in [2.75, 3.05) is 58.1 Å². The number of benzene rings is 2. The third kappa shape index (κ3) is 6.98. The van der Waals surface area contributed by atoms with Gasteiger partial charge in [-0.25, -0.2) is 14.0 Å². The van der Waals surface area contributed by atoms with Gasteiger partial charge in [-0.15, -0.1) is 0 Å². The lowest BCUT2D eigenvalue weighted by atomic mass is 9.80. The Morgan fingerprint density at radius 1 is 0.896 bits per heavy atom. The van der Waals surface area contributed by atoms with Crippen LogP contribution in [0.1, 0.15) is 56.1 Å². The van der Waals surface area contributed by atoms with Crippen molar-refractivity contribution in [3.63, 3.8) is 0 Å². The fourth-order valence-electron chi connectivity index (χ4n) is 6.62. The number of likely N-dealkylation sites (tertiary alicyclic amines) is 1. The summed E-state index contributed by atoms with van der Waals surface area (Å²) in [5.41, 5.74) is 1.43. The van der Waals surface area contributed by atoms with Crippen LogP contribution >= 0.6 is 0 Å². The van der Waals surface area contributed by atoms with Gasteiger partial charge in [-0.05, 0) is 94.1 Å². The summed E-state index contributed by atoms with van der Waals surface area (Å²) in [6.45, 7) is 6.54. The summed E-state index contributed by atoms with van der Waals surface area (Å²) in [5.74, 6) is -1.63. The van der Waals surface area contributed by atoms with Crippen LogP contribution in [0.15, 0.2) is 74.6 Å². The van der Waals surface area contributed by atoms with Crippen LogP contribution in [0.2, 0.25) is 0 Å². The van der Waals surface area contributed by atoms with Gasteiger partial charge in [0.05, 0.1) is 44.1 Å². The van der Waals surface area contributed by atoms with Crippen molar-refractivity contribution in [1.29, 1.82) is 0 Å². The van der Waals surface area contributed by atoms with E-state index in [1.807, 2.05) is 12.1 Å². The number of ether oxygens (including phenoxy) is 3. The third-order valence-corrected chi connectivity index (χ3v) is 9.17. The lowest BCUT2D eigenvalue weighted by Gasteiger charge is -2.32. The van der Waals surface area contributed by atoms with Crippen LogP contribution in [0, 0.1) is 5.82 Å². The normalized spacial score (nSPS) is 16.1. The molecule has 0 amide bonds. The number of carbonyl (C=O) groups excluding carboxylic acids is 2. The number of allylic oxidation sites excluding steroid dienone is 2. The molecular weight excluding hydrogens is 619 g/mol. The van der Waals surface area contributed by atoms with Crippen LogP contribution in [0.4, 0.5) is 21.5 Å². The number of rotatable bonds is 12. The SMILES string of the molecule is COC(=O)C1=C(C)NC(C)=C(C(=O)OC)C1c1ccc(F)c(Nc2c(NCCCN3CCC(c4cccc(OC)c4)CC3)c(=O)c2=O)c1. The maximum Gasteiger partial charge on any atom is 0.336 e. The minimum atomic E-state index is -0.946. The maximum absolute atomic E-state index is 15.2. The van der Waals surface area contributed by atoms with Gasteiger partial charge in [-0.2, -0.15) is 0 Å². The Morgan fingerprint density at radius 2 is 1.54 bits per heavy atom. The predicted octanol–water partition coefficient (Wildman–Crippen LogP) is 4.44. The molecule has 0 radical (unpaired) electrons. The lowest BCUT2D eigenvalue weighted by molar-refractivity contribution is -0.137. The summed E-state index contributed by atoms with van der Waals surface area (Å²) < 4.78 is 30.5. The molecule has 0 spiro atoms. The van der Waals surface area contributed by atoms with Gasteiger partial charge in [0.1, 0.15) is 22.9 Å². The quantitative estimate of drug-likeness (QED) is 0.145. The lowest BCUT2D eigenvalue weighted by Crippen LogP contribution is -2.38. The zero-order valence-electron chi connectivity index (χ0n) is 27.8. The van der Waals surface area contributed by atoms with Crippen molar-refractivity contribution in [3.8, 4) is 5.75 Å². The molecule has 3 aromatic rings. The Kier molecular flexibility index (Phi) is 10.6. The number of hydrogen-bond donors (Lipinski definition) is 3. The zero-order chi connectivity index (χ0) is 34.5.